The van der Waals surface area contributed by atoms with Crippen molar-refractivity contribution >= 4 is 40.8 Å². The lowest BCUT2D eigenvalue weighted by atomic mass is 9.96. The zero-order valence-electron chi connectivity index (χ0n) is 14.6. The zero-order valence-corrected chi connectivity index (χ0v) is 16.1. The standard InChI is InChI=1S/C19H20Cl2N4O2/c20-15-3-4-17(16(21)10-15)24-19(27)25-8-5-14(6-9-25)18(26)23-12-13-2-1-7-22-11-13/h1-4,7,10-11,14H,5-6,8-9,12H2,(H,23,26)(H,24,27). The fraction of sp³-hybridized carbons (Fsp3) is 0.316. The summed E-state index contributed by atoms with van der Waals surface area (Å²) in [6, 6.07) is 8.45. The predicted octanol–water partition coefficient (Wildman–Crippen LogP) is 3.95. The predicted molar refractivity (Wildman–Crippen MR) is 106 cm³/mol. The minimum absolute atomic E-state index is 0.0136. The second-order valence-corrected chi connectivity index (χ2v) is 7.24. The highest BCUT2D eigenvalue weighted by Crippen LogP contribution is 2.26. The number of nitrogens with one attached hydrogen (secondary N) is 2. The van der Waals surface area contributed by atoms with Gasteiger partial charge in [0.1, 0.15) is 0 Å². The van der Waals surface area contributed by atoms with E-state index in [0.717, 1.165) is 5.56 Å². The molecule has 142 valence electrons. The third-order valence-corrected chi connectivity index (χ3v) is 5.06. The smallest absolute Gasteiger partial charge is 0.321 e. The highest BCUT2D eigenvalue weighted by Gasteiger charge is 2.27. The largest absolute Gasteiger partial charge is 0.352 e. The highest BCUT2D eigenvalue weighted by molar-refractivity contribution is 6.36. The third kappa shape index (κ3) is 5.34. The van der Waals surface area contributed by atoms with Crippen LogP contribution in [0.15, 0.2) is 42.7 Å². The van der Waals surface area contributed by atoms with Crippen molar-refractivity contribution in [2.24, 2.45) is 5.92 Å². The highest BCUT2D eigenvalue weighted by atomic mass is 35.5. The van der Waals surface area contributed by atoms with Crippen molar-refractivity contribution in [1.29, 1.82) is 0 Å². The Bertz CT molecular complexity index is 809. The van der Waals surface area contributed by atoms with Crippen LogP contribution in [0.3, 0.4) is 0 Å². The molecule has 0 unspecified atom stereocenters. The number of piperidine rings is 1. The Morgan fingerprint density at radius 1 is 1.19 bits per heavy atom. The van der Waals surface area contributed by atoms with Gasteiger partial charge in [0, 0.05) is 43.0 Å². The number of nitrogens with zero attached hydrogens (tertiary/aromatic N) is 2. The molecule has 1 aliphatic rings. The number of aromatic nitrogens is 1. The van der Waals surface area contributed by atoms with Gasteiger partial charge < -0.3 is 15.5 Å². The quantitative estimate of drug-likeness (QED) is 0.806. The van der Waals surface area contributed by atoms with E-state index in [4.69, 9.17) is 23.2 Å². The van der Waals surface area contributed by atoms with Crippen LogP contribution in [0.1, 0.15) is 18.4 Å². The van der Waals surface area contributed by atoms with E-state index in [-0.39, 0.29) is 17.9 Å². The van der Waals surface area contributed by atoms with Crippen LogP contribution in [-0.2, 0) is 11.3 Å². The van der Waals surface area contributed by atoms with Crippen LogP contribution in [-0.4, -0.2) is 34.9 Å². The van der Waals surface area contributed by atoms with Crippen LogP contribution >= 0.6 is 23.2 Å². The van der Waals surface area contributed by atoms with E-state index in [1.54, 1.807) is 35.5 Å². The summed E-state index contributed by atoms with van der Waals surface area (Å²) in [5.74, 6) is -0.0792. The number of carbonyl (C=O) groups is 2. The maximum Gasteiger partial charge on any atom is 0.321 e. The van der Waals surface area contributed by atoms with Crippen molar-refractivity contribution in [3.8, 4) is 0 Å². The molecule has 1 fully saturated rings. The average Bonchev–Trinajstić information content (AvgIpc) is 2.69. The Morgan fingerprint density at radius 3 is 2.63 bits per heavy atom. The summed E-state index contributed by atoms with van der Waals surface area (Å²) in [5.41, 5.74) is 1.48. The molecule has 1 aromatic heterocycles. The second-order valence-electron chi connectivity index (χ2n) is 6.39. The summed E-state index contributed by atoms with van der Waals surface area (Å²) in [6.45, 7) is 1.49. The van der Waals surface area contributed by atoms with Gasteiger partial charge in [-0.25, -0.2) is 4.79 Å². The Morgan fingerprint density at radius 2 is 1.96 bits per heavy atom. The van der Waals surface area contributed by atoms with Gasteiger partial charge >= 0.3 is 6.03 Å². The molecule has 1 aliphatic heterocycles. The monoisotopic (exact) mass is 406 g/mol. The molecule has 0 spiro atoms. The molecule has 27 heavy (non-hydrogen) atoms. The van der Waals surface area contributed by atoms with Crippen molar-refractivity contribution in [3.63, 3.8) is 0 Å². The molecule has 1 aromatic carbocycles. The fourth-order valence-electron chi connectivity index (χ4n) is 2.97. The van der Waals surface area contributed by atoms with E-state index >= 15 is 0 Å². The Balaban J connectivity index is 1.46. The summed E-state index contributed by atoms with van der Waals surface area (Å²) >= 11 is 12.0. The van der Waals surface area contributed by atoms with E-state index in [1.807, 2.05) is 12.1 Å². The van der Waals surface area contributed by atoms with Crippen molar-refractivity contribution in [1.82, 2.24) is 15.2 Å². The van der Waals surface area contributed by atoms with E-state index < -0.39 is 0 Å². The first-order valence-electron chi connectivity index (χ1n) is 8.70. The molecule has 0 aliphatic carbocycles. The van der Waals surface area contributed by atoms with Gasteiger partial charge in [0.2, 0.25) is 5.91 Å². The second kappa shape index (κ2) is 9.06. The third-order valence-electron chi connectivity index (χ3n) is 4.52. The molecular weight excluding hydrogens is 387 g/mol. The first kappa shape index (κ1) is 19.5. The summed E-state index contributed by atoms with van der Waals surface area (Å²) in [7, 11) is 0. The molecule has 0 bridgehead atoms. The van der Waals surface area contributed by atoms with Crippen LogP contribution in [0, 0.1) is 5.92 Å². The Labute approximate surface area is 167 Å². The van der Waals surface area contributed by atoms with Crippen molar-refractivity contribution in [2.45, 2.75) is 19.4 Å². The van der Waals surface area contributed by atoms with Crippen LogP contribution in [0.2, 0.25) is 10.0 Å². The normalized spacial score (nSPS) is 14.7. The molecule has 0 saturated carbocycles. The van der Waals surface area contributed by atoms with Crippen LogP contribution in [0.4, 0.5) is 10.5 Å². The lowest BCUT2D eigenvalue weighted by Crippen LogP contribution is -2.44. The molecule has 1 saturated heterocycles. The van der Waals surface area contributed by atoms with Gasteiger partial charge in [0.05, 0.1) is 10.7 Å². The maximum absolute atomic E-state index is 12.4. The Kier molecular flexibility index (Phi) is 6.53. The number of urea groups is 1. The van der Waals surface area contributed by atoms with Gasteiger partial charge in [-0.15, -0.1) is 0 Å². The molecule has 3 amide bonds. The summed E-state index contributed by atoms with van der Waals surface area (Å²) < 4.78 is 0. The number of amides is 3. The Hall–Kier alpha value is -2.31. The SMILES string of the molecule is O=C(NCc1cccnc1)C1CCN(C(=O)Nc2ccc(Cl)cc2Cl)CC1. The van der Waals surface area contributed by atoms with Crippen LogP contribution in [0.5, 0.6) is 0 Å². The van der Waals surface area contributed by atoms with Gasteiger partial charge in [-0.3, -0.25) is 9.78 Å². The zero-order chi connectivity index (χ0) is 19.2. The molecule has 8 heteroatoms. The fourth-order valence-corrected chi connectivity index (χ4v) is 3.42. The van der Waals surface area contributed by atoms with Gasteiger partial charge in [-0.1, -0.05) is 29.3 Å². The lowest BCUT2D eigenvalue weighted by molar-refractivity contribution is -0.126. The van der Waals surface area contributed by atoms with E-state index in [1.165, 1.54) is 0 Å². The molecule has 0 atom stereocenters. The van der Waals surface area contributed by atoms with E-state index in [2.05, 4.69) is 15.6 Å². The number of halogens is 2. The number of benzene rings is 1. The van der Waals surface area contributed by atoms with Crippen molar-refractivity contribution in [2.75, 3.05) is 18.4 Å². The number of hydrogen-bond donors (Lipinski definition) is 2. The van der Waals surface area contributed by atoms with Gasteiger partial charge in [0.25, 0.3) is 0 Å². The number of rotatable bonds is 4. The minimum Gasteiger partial charge on any atom is -0.352 e. The van der Waals surface area contributed by atoms with Gasteiger partial charge in [-0.2, -0.15) is 0 Å². The van der Waals surface area contributed by atoms with Crippen molar-refractivity contribution in [3.05, 3.63) is 58.3 Å². The first-order chi connectivity index (χ1) is 13.0. The first-order valence-corrected chi connectivity index (χ1v) is 9.46. The summed E-state index contributed by atoms with van der Waals surface area (Å²) in [6.07, 6.45) is 4.68. The molecule has 2 heterocycles. The number of hydrogen-bond acceptors (Lipinski definition) is 3. The number of anilines is 1. The number of likely N-dealkylation sites (tertiary alicyclic amines) is 1. The van der Waals surface area contributed by atoms with Crippen molar-refractivity contribution < 1.29 is 9.59 Å². The molecular formula is C19H20Cl2N4O2. The topological polar surface area (TPSA) is 74.3 Å². The molecule has 2 aromatic rings. The lowest BCUT2D eigenvalue weighted by Gasteiger charge is -2.31. The molecule has 2 N–H and O–H groups in total. The van der Waals surface area contributed by atoms with Crippen LogP contribution in [0.25, 0.3) is 0 Å². The number of carbonyl (C=O) groups excluding carboxylic acids is 2. The van der Waals surface area contributed by atoms with E-state index in [9.17, 15) is 9.59 Å². The number of pyridine rings is 1. The minimum atomic E-state index is -0.228. The van der Waals surface area contributed by atoms with Crippen LogP contribution < -0.4 is 10.6 Å². The molecule has 3 rings (SSSR count). The maximum atomic E-state index is 12.4. The summed E-state index contributed by atoms with van der Waals surface area (Å²) in [5, 5.41) is 6.62. The molecule has 0 radical (unpaired) electrons. The molecule has 6 nitrogen and oxygen atoms in total. The van der Waals surface area contributed by atoms with Gasteiger partial charge in [0.15, 0.2) is 0 Å². The van der Waals surface area contributed by atoms with Gasteiger partial charge in [-0.05, 0) is 42.7 Å². The van der Waals surface area contributed by atoms with E-state index in [0.29, 0.717) is 48.2 Å². The average molecular weight is 407 g/mol. The summed E-state index contributed by atoms with van der Waals surface area (Å²) in [4.78, 5) is 30.5.